The molecule has 2 fully saturated rings. The van der Waals surface area contributed by atoms with Crippen molar-refractivity contribution in [2.75, 3.05) is 6.67 Å². The summed E-state index contributed by atoms with van der Waals surface area (Å²) in [4.78, 5) is 29.0. The topological polar surface area (TPSA) is 70.5 Å². The molecule has 0 aromatic carbocycles. The number of rotatable bonds is 5. The van der Waals surface area contributed by atoms with Crippen LogP contribution in [0.25, 0.3) is 0 Å². The minimum atomic E-state index is -0.666. The zero-order valence-electron chi connectivity index (χ0n) is 15.7. The van der Waals surface area contributed by atoms with Crippen LogP contribution in [0.4, 0.5) is 4.79 Å². The Kier molecular flexibility index (Phi) is 4.86. The third kappa shape index (κ3) is 3.56. The summed E-state index contributed by atoms with van der Waals surface area (Å²) in [5, 5.41) is 7.19. The fraction of sp³-hybridized carbons (Fsp3) is 0.722. The van der Waals surface area contributed by atoms with Gasteiger partial charge in [0.1, 0.15) is 5.54 Å². The van der Waals surface area contributed by atoms with E-state index in [0.717, 1.165) is 31.2 Å². The standard InChI is InChI=1S/C18H29N5O2/c1-13(2)22(11-15-9-19-21(4)10-15)12-23-16(24)18(20-17(23)25)7-5-14(3)6-8-18/h9-10,13-14H,5-8,11-12H2,1-4H3,(H,20,25). The van der Waals surface area contributed by atoms with E-state index in [9.17, 15) is 9.59 Å². The van der Waals surface area contributed by atoms with Crippen molar-refractivity contribution in [2.24, 2.45) is 13.0 Å². The van der Waals surface area contributed by atoms with Crippen LogP contribution >= 0.6 is 0 Å². The molecule has 1 saturated heterocycles. The molecule has 7 heteroatoms. The van der Waals surface area contributed by atoms with Crippen molar-refractivity contribution >= 4 is 11.9 Å². The lowest BCUT2D eigenvalue weighted by Crippen LogP contribution is -2.50. The Bertz CT molecular complexity index is 646. The molecule has 25 heavy (non-hydrogen) atoms. The number of hydrogen-bond acceptors (Lipinski definition) is 4. The summed E-state index contributed by atoms with van der Waals surface area (Å²) >= 11 is 0. The Morgan fingerprint density at radius 3 is 2.60 bits per heavy atom. The maximum Gasteiger partial charge on any atom is 0.326 e. The van der Waals surface area contributed by atoms with Crippen molar-refractivity contribution in [3.05, 3.63) is 18.0 Å². The molecule has 1 saturated carbocycles. The number of nitrogens with zero attached hydrogens (tertiary/aromatic N) is 4. The van der Waals surface area contributed by atoms with Gasteiger partial charge in [-0.05, 0) is 45.4 Å². The van der Waals surface area contributed by atoms with Gasteiger partial charge in [-0.15, -0.1) is 0 Å². The van der Waals surface area contributed by atoms with Crippen molar-refractivity contribution in [1.29, 1.82) is 0 Å². The van der Waals surface area contributed by atoms with Gasteiger partial charge >= 0.3 is 6.03 Å². The number of aryl methyl sites for hydroxylation is 1. The molecule has 0 radical (unpaired) electrons. The minimum absolute atomic E-state index is 0.0544. The predicted octanol–water partition coefficient (Wildman–Crippen LogP) is 2.09. The van der Waals surface area contributed by atoms with Crippen molar-refractivity contribution in [1.82, 2.24) is 24.9 Å². The third-order valence-corrected chi connectivity index (χ3v) is 5.57. The molecule has 1 N–H and O–H groups in total. The molecule has 3 rings (SSSR count). The first-order valence-corrected chi connectivity index (χ1v) is 9.16. The molecule has 1 aromatic heterocycles. The Hall–Kier alpha value is -1.89. The van der Waals surface area contributed by atoms with E-state index < -0.39 is 5.54 Å². The van der Waals surface area contributed by atoms with Gasteiger partial charge in [-0.25, -0.2) is 9.69 Å². The molecule has 2 heterocycles. The second-order valence-electron chi connectivity index (χ2n) is 7.93. The van der Waals surface area contributed by atoms with E-state index in [4.69, 9.17) is 0 Å². The Balaban J connectivity index is 1.71. The summed E-state index contributed by atoms with van der Waals surface area (Å²) in [6, 6.07) is -0.0416. The molecule has 138 valence electrons. The van der Waals surface area contributed by atoms with Crippen LogP contribution in [0.2, 0.25) is 0 Å². The van der Waals surface area contributed by atoms with Crippen LogP contribution in [0.3, 0.4) is 0 Å². The molecule has 1 aromatic rings. The number of urea groups is 1. The second-order valence-corrected chi connectivity index (χ2v) is 7.93. The maximum absolute atomic E-state index is 13.0. The first-order valence-electron chi connectivity index (χ1n) is 9.16. The summed E-state index contributed by atoms with van der Waals surface area (Å²) in [5.41, 5.74) is 0.407. The average molecular weight is 347 g/mol. The number of carbonyl (C=O) groups excluding carboxylic acids is 2. The molecule has 0 atom stereocenters. The van der Waals surface area contributed by atoms with Crippen LogP contribution in [0, 0.1) is 5.92 Å². The lowest BCUT2D eigenvalue weighted by molar-refractivity contribution is -0.134. The van der Waals surface area contributed by atoms with Crippen LogP contribution in [-0.4, -0.2) is 49.8 Å². The van der Waals surface area contributed by atoms with Gasteiger partial charge in [0.25, 0.3) is 5.91 Å². The molecule has 1 aliphatic carbocycles. The molecule has 7 nitrogen and oxygen atoms in total. The summed E-state index contributed by atoms with van der Waals surface area (Å²) in [7, 11) is 1.88. The molecule has 0 unspecified atom stereocenters. The van der Waals surface area contributed by atoms with Crippen LogP contribution in [-0.2, 0) is 18.4 Å². The molecule has 1 aliphatic heterocycles. The number of nitrogens with one attached hydrogen (secondary N) is 1. The van der Waals surface area contributed by atoms with Gasteiger partial charge < -0.3 is 5.32 Å². The SMILES string of the molecule is CC1CCC2(CC1)NC(=O)N(CN(Cc1cnn(C)c1)C(C)C)C2=O. The van der Waals surface area contributed by atoms with Crippen molar-refractivity contribution in [3.63, 3.8) is 0 Å². The molecule has 2 aliphatic rings. The molecular weight excluding hydrogens is 318 g/mol. The van der Waals surface area contributed by atoms with E-state index in [1.165, 1.54) is 4.90 Å². The van der Waals surface area contributed by atoms with E-state index in [1.54, 1.807) is 4.68 Å². The van der Waals surface area contributed by atoms with Gasteiger partial charge in [-0.2, -0.15) is 5.10 Å². The highest BCUT2D eigenvalue weighted by Crippen LogP contribution is 2.36. The summed E-state index contributed by atoms with van der Waals surface area (Å²) < 4.78 is 1.76. The Morgan fingerprint density at radius 1 is 1.36 bits per heavy atom. The monoisotopic (exact) mass is 347 g/mol. The van der Waals surface area contributed by atoms with Crippen LogP contribution in [0.15, 0.2) is 12.4 Å². The number of hydrogen-bond donors (Lipinski definition) is 1. The summed E-state index contributed by atoms with van der Waals surface area (Å²) in [6.45, 7) is 7.33. The van der Waals surface area contributed by atoms with Crippen molar-refractivity contribution in [3.8, 4) is 0 Å². The number of amides is 3. The van der Waals surface area contributed by atoms with E-state index in [0.29, 0.717) is 19.1 Å². The lowest BCUT2D eigenvalue weighted by atomic mass is 9.77. The van der Waals surface area contributed by atoms with Crippen LogP contribution in [0.5, 0.6) is 0 Å². The van der Waals surface area contributed by atoms with Gasteiger partial charge in [0.2, 0.25) is 0 Å². The number of aromatic nitrogens is 2. The van der Waals surface area contributed by atoms with Gasteiger partial charge in [0, 0.05) is 31.4 Å². The molecule has 1 spiro atoms. The van der Waals surface area contributed by atoms with Crippen LogP contribution in [0.1, 0.15) is 52.0 Å². The largest absolute Gasteiger partial charge is 0.326 e. The first-order chi connectivity index (χ1) is 11.8. The molecule has 0 bridgehead atoms. The van der Waals surface area contributed by atoms with Gasteiger partial charge in [0.05, 0.1) is 12.9 Å². The van der Waals surface area contributed by atoms with E-state index in [1.807, 2.05) is 19.4 Å². The highest BCUT2D eigenvalue weighted by Gasteiger charge is 2.52. The Morgan fingerprint density at radius 2 is 2.04 bits per heavy atom. The minimum Gasteiger partial charge on any atom is -0.323 e. The van der Waals surface area contributed by atoms with Crippen molar-refractivity contribution in [2.45, 2.75) is 64.6 Å². The predicted molar refractivity (Wildman–Crippen MR) is 94.5 cm³/mol. The zero-order valence-corrected chi connectivity index (χ0v) is 15.7. The third-order valence-electron chi connectivity index (χ3n) is 5.57. The number of imide groups is 1. The molecule has 3 amide bonds. The van der Waals surface area contributed by atoms with Crippen molar-refractivity contribution < 1.29 is 9.59 Å². The Labute approximate surface area is 149 Å². The average Bonchev–Trinajstić information content (AvgIpc) is 3.06. The van der Waals surface area contributed by atoms with Crippen LogP contribution < -0.4 is 5.32 Å². The first kappa shape index (κ1) is 17.9. The molecular formula is C18H29N5O2. The summed E-state index contributed by atoms with van der Waals surface area (Å²) in [5.74, 6) is 0.573. The second kappa shape index (κ2) is 6.78. The summed E-state index contributed by atoms with van der Waals surface area (Å²) in [6.07, 6.45) is 7.27. The fourth-order valence-electron chi connectivity index (χ4n) is 3.76. The quantitative estimate of drug-likeness (QED) is 0.828. The van der Waals surface area contributed by atoms with Gasteiger partial charge in [0.15, 0.2) is 0 Å². The number of carbonyl (C=O) groups is 2. The maximum atomic E-state index is 13.0. The smallest absolute Gasteiger partial charge is 0.323 e. The highest BCUT2D eigenvalue weighted by molar-refractivity contribution is 6.07. The normalized spacial score (nSPS) is 27.0. The van der Waals surface area contributed by atoms with Gasteiger partial charge in [-0.1, -0.05) is 6.92 Å². The lowest BCUT2D eigenvalue weighted by Gasteiger charge is -2.34. The van der Waals surface area contributed by atoms with E-state index in [-0.39, 0.29) is 18.0 Å². The van der Waals surface area contributed by atoms with Gasteiger partial charge in [-0.3, -0.25) is 14.4 Å². The highest BCUT2D eigenvalue weighted by atomic mass is 16.2. The fourth-order valence-corrected chi connectivity index (χ4v) is 3.76. The van der Waals surface area contributed by atoms with E-state index >= 15 is 0 Å². The zero-order chi connectivity index (χ0) is 18.2. The van der Waals surface area contributed by atoms with E-state index in [2.05, 4.69) is 36.1 Å².